The van der Waals surface area contributed by atoms with Gasteiger partial charge in [0.15, 0.2) is 6.10 Å². The van der Waals surface area contributed by atoms with Crippen molar-refractivity contribution in [1.29, 1.82) is 0 Å². The molecule has 0 amide bonds. The Bertz CT molecular complexity index is 430. The van der Waals surface area contributed by atoms with Crippen molar-refractivity contribution in [2.75, 3.05) is 6.54 Å². The molecular weight excluding hydrogens is 242 g/mol. The first-order valence-corrected chi connectivity index (χ1v) is 6.74. The van der Waals surface area contributed by atoms with E-state index in [1.165, 1.54) is 11.1 Å². The minimum absolute atomic E-state index is 0.00833. The molecule has 0 aromatic heterocycles. The van der Waals surface area contributed by atoms with Crippen molar-refractivity contribution in [3.8, 4) is 0 Å². The minimum atomic E-state index is -0.853. The molecule has 0 aliphatic carbocycles. The molecule has 3 atom stereocenters. The largest absolute Gasteiger partial charge is 0.479 e. The normalized spacial score (nSPS) is 24.3. The maximum Gasteiger partial charge on any atom is 0.332 e. The number of carboxylic acids is 1. The number of carbonyl (C=O) groups is 1. The van der Waals surface area contributed by atoms with Crippen molar-refractivity contribution in [2.45, 2.75) is 44.9 Å². The molecule has 2 N–H and O–H groups in total. The molecule has 1 aliphatic rings. The topological polar surface area (TPSA) is 58.6 Å². The van der Waals surface area contributed by atoms with E-state index in [1.807, 2.05) is 0 Å². The predicted molar refractivity (Wildman–Crippen MR) is 73.1 cm³/mol. The Morgan fingerprint density at radius 2 is 2.11 bits per heavy atom. The van der Waals surface area contributed by atoms with Gasteiger partial charge < -0.3 is 15.2 Å². The molecule has 1 saturated heterocycles. The molecule has 0 radical (unpaired) electrons. The summed E-state index contributed by atoms with van der Waals surface area (Å²) in [6, 6.07) is 8.67. The highest BCUT2D eigenvalue weighted by Gasteiger charge is 2.30. The summed E-state index contributed by atoms with van der Waals surface area (Å²) in [5, 5.41) is 12.3. The zero-order valence-electron chi connectivity index (χ0n) is 11.4. The zero-order chi connectivity index (χ0) is 13.8. The minimum Gasteiger partial charge on any atom is -0.479 e. The fourth-order valence-corrected chi connectivity index (χ4v) is 2.32. The number of aryl methyl sites for hydroxylation is 1. The van der Waals surface area contributed by atoms with E-state index in [4.69, 9.17) is 9.84 Å². The first kappa shape index (κ1) is 14.0. The van der Waals surface area contributed by atoms with Crippen LogP contribution in [0.1, 0.15) is 36.9 Å². The lowest BCUT2D eigenvalue weighted by molar-refractivity contribution is -0.149. The van der Waals surface area contributed by atoms with E-state index in [0.29, 0.717) is 13.0 Å². The summed E-state index contributed by atoms with van der Waals surface area (Å²) in [4.78, 5) is 10.8. The summed E-state index contributed by atoms with van der Waals surface area (Å²) in [5.41, 5.74) is 2.48. The third kappa shape index (κ3) is 3.78. The lowest BCUT2D eigenvalue weighted by atomic mass is 10.1. The molecule has 104 valence electrons. The Kier molecular flexibility index (Phi) is 4.56. The summed E-state index contributed by atoms with van der Waals surface area (Å²) < 4.78 is 5.47. The van der Waals surface area contributed by atoms with Gasteiger partial charge in [-0.2, -0.15) is 0 Å². The molecule has 0 spiro atoms. The number of hydrogen-bond donors (Lipinski definition) is 2. The molecule has 4 nitrogen and oxygen atoms in total. The van der Waals surface area contributed by atoms with E-state index in [9.17, 15) is 4.79 Å². The summed E-state index contributed by atoms with van der Waals surface area (Å²) >= 11 is 0. The third-order valence-corrected chi connectivity index (χ3v) is 3.61. The van der Waals surface area contributed by atoms with Crippen LogP contribution in [-0.4, -0.2) is 29.8 Å². The van der Waals surface area contributed by atoms with Crippen LogP contribution in [0.4, 0.5) is 0 Å². The molecule has 1 fully saturated rings. The van der Waals surface area contributed by atoms with Gasteiger partial charge in [0.25, 0.3) is 0 Å². The molecule has 1 aromatic carbocycles. The molecule has 2 unspecified atom stereocenters. The van der Waals surface area contributed by atoms with Crippen LogP contribution >= 0.6 is 0 Å². The molecule has 2 rings (SSSR count). The van der Waals surface area contributed by atoms with Gasteiger partial charge in [-0.3, -0.25) is 0 Å². The highest BCUT2D eigenvalue weighted by atomic mass is 16.5. The Morgan fingerprint density at radius 3 is 2.68 bits per heavy atom. The fourth-order valence-electron chi connectivity index (χ4n) is 2.32. The quantitative estimate of drug-likeness (QED) is 0.855. The van der Waals surface area contributed by atoms with Crippen LogP contribution in [0.2, 0.25) is 0 Å². The third-order valence-electron chi connectivity index (χ3n) is 3.61. The summed E-state index contributed by atoms with van der Waals surface area (Å²) in [6.45, 7) is 4.87. The molecule has 19 heavy (non-hydrogen) atoms. The Labute approximate surface area is 113 Å². The summed E-state index contributed by atoms with van der Waals surface area (Å²) in [5.74, 6) is -0.853. The van der Waals surface area contributed by atoms with Crippen molar-refractivity contribution >= 4 is 5.97 Å². The SMILES string of the molecule is Cc1ccc([C@H](C)NCC2CCC(C(=O)O)O2)cc1. The lowest BCUT2D eigenvalue weighted by Crippen LogP contribution is -2.30. The van der Waals surface area contributed by atoms with Crippen LogP contribution < -0.4 is 5.32 Å². The van der Waals surface area contributed by atoms with E-state index in [-0.39, 0.29) is 12.1 Å². The van der Waals surface area contributed by atoms with Crippen LogP contribution in [0.5, 0.6) is 0 Å². The van der Waals surface area contributed by atoms with Crippen LogP contribution in [0.15, 0.2) is 24.3 Å². The number of rotatable bonds is 5. The number of nitrogens with one attached hydrogen (secondary N) is 1. The van der Waals surface area contributed by atoms with Gasteiger partial charge in [0.05, 0.1) is 6.10 Å². The first-order valence-electron chi connectivity index (χ1n) is 6.74. The molecule has 1 aliphatic heterocycles. The Morgan fingerprint density at radius 1 is 1.42 bits per heavy atom. The van der Waals surface area contributed by atoms with Gasteiger partial charge in [-0.1, -0.05) is 29.8 Å². The van der Waals surface area contributed by atoms with E-state index in [2.05, 4.69) is 43.4 Å². The predicted octanol–water partition coefficient (Wildman–Crippen LogP) is 2.28. The van der Waals surface area contributed by atoms with Crippen LogP contribution in [0.25, 0.3) is 0 Å². The van der Waals surface area contributed by atoms with Crippen molar-refractivity contribution in [3.05, 3.63) is 35.4 Å². The van der Waals surface area contributed by atoms with E-state index in [0.717, 1.165) is 6.42 Å². The number of carboxylic acid groups (broad SMARTS) is 1. The highest BCUT2D eigenvalue weighted by molar-refractivity contribution is 5.72. The smallest absolute Gasteiger partial charge is 0.332 e. The standard InChI is InChI=1S/C15H21NO3/c1-10-3-5-12(6-4-10)11(2)16-9-13-7-8-14(19-13)15(17)18/h3-6,11,13-14,16H,7-9H2,1-2H3,(H,17,18)/t11-,13?,14?/m0/s1. The Balaban J connectivity index is 1.79. The van der Waals surface area contributed by atoms with Gasteiger partial charge in [-0.25, -0.2) is 4.79 Å². The Hall–Kier alpha value is -1.39. The second-order valence-electron chi connectivity index (χ2n) is 5.20. The molecule has 0 bridgehead atoms. The number of ether oxygens (including phenoxy) is 1. The maximum absolute atomic E-state index is 10.8. The van der Waals surface area contributed by atoms with Gasteiger partial charge >= 0.3 is 5.97 Å². The molecular formula is C15H21NO3. The molecule has 1 heterocycles. The first-order chi connectivity index (χ1) is 9.06. The number of hydrogen-bond acceptors (Lipinski definition) is 3. The van der Waals surface area contributed by atoms with Crippen LogP contribution in [0, 0.1) is 6.92 Å². The second kappa shape index (κ2) is 6.17. The summed E-state index contributed by atoms with van der Waals surface area (Å²) in [6.07, 6.45) is 0.807. The van der Waals surface area contributed by atoms with Gasteiger partial charge in [-0.15, -0.1) is 0 Å². The second-order valence-corrected chi connectivity index (χ2v) is 5.20. The molecule has 4 heteroatoms. The zero-order valence-corrected chi connectivity index (χ0v) is 11.4. The lowest BCUT2D eigenvalue weighted by Gasteiger charge is -2.18. The number of aliphatic carboxylic acids is 1. The van der Waals surface area contributed by atoms with Gasteiger partial charge in [0.1, 0.15) is 0 Å². The molecule has 1 aromatic rings. The molecule has 0 saturated carbocycles. The van der Waals surface area contributed by atoms with E-state index in [1.54, 1.807) is 0 Å². The van der Waals surface area contributed by atoms with Crippen molar-refractivity contribution in [3.63, 3.8) is 0 Å². The van der Waals surface area contributed by atoms with Crippen LogP contribution in [-0.2, 0) is 9.53 Å². The van der Waals surface area contributed by atoms with Crippen LogP contribution in [0.3, 0.4) is 0 Å². The summed E-state index contributed by atoms with van der Waals surface area (Å²) in [7, 11) is 0. The van der Waals surface area contributed by atoms with Gasteiger partial charge in [0, 0.05) is 12.6 Å². The van der Waals surface area contributed by atoms with Crippen molar-refractivity contribution in [2.24, 2.45) is 0 Å². The van der Waals surface area contributed by atoms with Crippen molar-refractivity contribution in [1.82, 2.24) is 5.32 Å². The maximum atomic E-state index is 10.8. The van der Waals surface area contributed by atoms with Gasteiger partial charge in [0.2, 0.25) is 0 Å². The monoisotopic (exact) mass is 263 g/mol. The average molecular weight is 263 g/mol. The van der Waals surface area contributed by atoms with Gasteiger partial charge in [-0.05, 0) is 32.3 Å². The van der Waals surface area contributed by atoms with E-state index >= 15 is 0 Å². The number of benzene rings is 1. The fraction of sp³-hybridized carbons (Fsp3) is 0.533. The van der Waals surface area contributed by atoms with E-state index < -0.39 is 12.1 Å². The van der Waals surface area contributed by atoms with Crippen molar-refractivity contribution < 1.29 is 14.6 Å². The average Bonchev–Trinajstić information content (AvgIpc) is 2.86. The highest BCUT2D eigenvalue weighted by Crippen LogP contribution is 2.20.